The minimum absolute atomic E-state index is 0.276. The zero-order valence-electron chi connectivity index (χ0n) is 12.4. The Kier molecular flexibility index (Phi) is 5.00. The van der Waals surface area contributed by atoms with Crippen LogP contribution in [0.4, 0.5) is 0 Å². The van der Waals surface area contributed by atoms with E-state index in [2.05, 4.69) is 49.6 Å². The van der Waals surface area contributed by atoms with Crippen molar-refractivity contribution in [2.24, 2.45) is 11.8 Å². The molecule has 0 aliphatic heterocycles. The van der Waals surface area contributed by atoms with Gasteiger partial charge < -0.3 is 0 Å². The minimum Gasteiger partial charge on any atom is -0.271 e. The van der Waals surface area contributed by atoms with Crippen LogP contribution in [0.5, 0.6) is 0 Å². The second-order valence-electron chi connectivity index (χ2n) is 6.01. The lowest BCUT2D eigenvalue weighted by Gasteiger charge is -2.49. The van der Waals surface area contributed by atoms with Gasteiger partial charge in [-0.1, -0.05) is 63.4 Å². The van der Waals surface area contributed by atoms with Gasteiger partial charge in [-0.15, -0.1) is 0 Å². The first-order chi connectivity index (χ1) is 9.26. The summed E-state index contributed by atoms with van der Waals surface area (Å²) in [7, 11) is 0. The summed E-state index contributed by atoms with van der Waals surface area (Å²) in [5, 5.41) is 0. The van der Waals surface area contributed by atoms with E-state index in [0.717, 1.165) is 5.92 Å². The fourth-order valence-corrected chi connectivity index (χ4v) is 3.57. The molecular formula is C17H28N2. The van der Waals surface area contributed by atoms with E-state index >= 15 is 0 Å². The first-order valence-corrected chi connectivity index (χ1v) is 7.78. The average Bonchev–Trinajstić information content (AvgIpc) is 2.42. The number of hydrogen-bond acceptors (Lipinski definition) is 2. The predicted molar refractivity (Wildman–Crippen MR) is 81.8 cm³/mol. The quantitative estimate of drug-likeness (QED) is 0.578. The number of hydrogen-bond donors (Lipinski definition) is 2. The number of rotatable bonds is 7. The average molecular weight is 260 g/mol. The molecule has 1 aromatic rings. The van der Waals surface area contributed by atoms with Crippen LogP contribution in [-0.2, 0) is 5.41 Å². The van der Waals surface area contributed by atoms with Crippen LogP contribution in [-0.4, -0.2) is 6.04 Å². The van der Waals surface area contributed by atoms with Crippen LogP contribution in [0.1, 0.15) is 57.9 Å². The molecular weight excluding hydrogens is 232 g/mol. The monoisotopic (exact) mass is 260 g/mol. The summed E-state index contributed by atoms with van der Waals surface area (Å²) >= 11 is 0. The Bertz CT molecular complexity index is 366. The highest BCUT2D eigenvalue weighted by molar-refractivity contribution is 5.30. The Hall–Kier alpha value is -0.860. The van der Waals surface area contributed by atoms with Crippen LogP contribution in [0.15, 0.2) is 30.3 Å². The van der Waals surface area contributed by atoms with Crippen molar-refractivity contribution < 1.29 is 0 Å². The summed E-state index contributed by atoms with van der Waals surface area (Å²) in [5.41, 5.74) is 4.89. The maximum Gasteiger partial charge on any atom is 0.0309 e. The van der Waals surface area contributed by atoms with Gasteiger partial charge in [-0.05, 0) is 30.7 Å². The van der Waals surface area contributed by atoms with Crippen molar-refractivity contribution in [2.45, 2.75) is 63.8 Å². The fraction of sp³-hybridized carbons (Fsp3) is 0.647. The van der Waals surface area contributed by atoms with Gasteiger partial charge in [0.05, 0.1) is 0 Å². The Morgan fingerprint density at radius 3 is 2.21 bits per heavy atom. The van der Waals surface area contributed by atoms with E-state index in [4.69, 9.17) is 5.84 Å². The number of nitrogens with one attached hydrogen (secondary N) is 1. The molecule has 0 spiro atoms. The predicted octanol–water partition coefficient (Wildman–Crippen LogP) is 3.77. The van der Waals surface area contributed by atoms with Gasteiger partial charge in [0.1, 0.15) is 0 Å². The first-order valence-electron chi connectivity index (χ1n) is 7.78. The maximum absolute atomic E-state index is 5.91. The van der Waals surface area contributed by atoms with Crippen LogP contribution in [0, 0.1) is 5.92 Å². The SMILES string of the molecule is CCC(CC)CC(NN)C1(c2ccccc2)CCC1. The van der Waals surface area contributed by atoms with Crippen molar-refractivity contribution >= 4 is 0 Å². The lowest BCUT2D eigenvalue weighted by molar-refractivity contribution is 0.145. The molecule has 106 valence electrons. The Morgan fingerprint density at radius 2 is 1.79 bits per heavy atom. The van der Waals surface area contributed by atoms with Crippen LogP contribution in [0.25, 0.3) is 0 Å². The Balaban J connectivity index is 2.19. The second-order valence-corrected chi connectivity index (χ2v) is 6.01. The van der Waals surface area contributed by atoms with Gasteiger partial charge >= 0.3 is 0 Å². The summed E-state index contributed by atoms with van der Waals surface area (Å²) in [6, 6.07) is 11.4. The number of benzene rings is 1. The van der Waals surface area contributed by atoms with E-state index in [1.54, 1.807) is 0 Å². The fourth-order valence-electron chi connectivity index (χ4n) is 3.57. The van der Waals surface area contributed by atoms with E-state index < -0.39 is 0 Å². The second kappa shape index (κ2) is 6.53. The number of nitrogens with two attached hydrogens (primary N) is 1. The molecule has 0 saturated heterocycles. The summed E-state index contributed by atoms with van der Waals surface area (Å²) < 4.78 is 0. The van der Waals surface area contributed by atoms with Gasteiger partial charge in [-0.3, -0.25) is 11.3 Å². The van der Waals surface area contributed by atoms with E-state index in [9.17, 15) is 0 Å². The summed E-state index contributed by atoms with van der Waals surface area (Å²) in [6.45, 7) is 4.58. The molecule has 0 heterocycles. The van der Waals surface area contributed by atoms with Crippen LogP contribution in [0.3, 0.4) is 0 Å². The molecule has 0 radical (unpaired) electrons. The van der Waals surface area contributed by atoms with Crippen molar-refractivity contribution in [3.8, 4) is 0 Å². The molecule has 19 heavy (non-hydrogen) atoms. The summed E-state index contributed by atoms with van der Waals surface area (Å²) in [6.07, 6.45) is 7.56. The standard InChI is InChI=1S/C17H28N2/c1-3-14(4-2)13-16(19-18)17(11-8-12-17)15-9-6-5-7-10-15/h5-7,9-10,14,16,19H,3-4,8,11-13,18H2,1-2H3. The van der Waals surface area contributed by atoms with E-state index in [-0.39, 0.29) is 5.41 Å². The smallest absolute Gasteiger partial charge is 0.0309 e. The van der Waals surface area contributed by atoms with Crippen molar-refractivity contribution in [1.29, 1.82) is 0 Å². The van der Waals surface area contributed by atoms with Gasteiger partial charge in [0.2, 0.25) is 0 Å². The molecule has 0 aromatic heterocycles. The minimum atomic E-state index is 0.276. The Morgan fingerprint density at radius 1 is 1.16 bits per heavy atom. The third-order valence-electron chi connectivity index (χ3n) is 5.19. The molecule has 1 aliphatic rings. The molecule has 2 rings (SSSR count). The third-order valence-corrected chi connectivity index (χ3v) is 5.19. The van der Waals surface area contributed by atoms with Gasteiger partial charge in [0, 0.05) is 11.5 Å². The highest BCUT2D eigenvalue weighted by Gasteiger charge is 2.45. The highest BCUT2D eigenvalue weighted by atomic mass is 15.2. The topological polar surface area (TPSA) is 38.0 Å². The third kappa shape index (κ3) is 2.85. The molecule has 1 unspecified atom stereocenters. The van der Waals surface area contributed by atoms with Crippen molar-refractivity contribution in [3.63, 3.8) is 0 Å². The molecule has 3 N–H and O–H groups in total. The zero-order valence-corrected chi connectivity index (χ0v) is 12.4. The normalized spacial score (nSPS) is 19.2. The maximum atomic E-state index is 5.91. The van der Waals surface area contributed by atoms with Crippen LogP contribution >= 0.6 is 0 Å². The lowest BCUT2D eigenvalue weighted by Crippen LogP contribution is -2.55. The Labute approximate surface area is 117 Å². The molecule has 0 amide bonds. The molecule has 2 nitrogen and oxygen atoms in total. The molecule has 0 bridgehead atoms. The van der Waals surface area contributed by atoms with Gasteiger partial charge in [0.25, 0.3) is 0 Å². The van der Waals surface area contributed by atoms with Gasteiger partial charge in [-0.2, -0.15) is 0 Å². The van der Waals surface area contributed by atoms with E-state index in [1.165, 1.54) is 44.1 Å². The lowest BCUT2D eigenvalue weighted by atomic mass is 9.58. The summed E-state index contributed by atoms with van der Waals surface area (Å²) in [5.74, 6) is 6.69. The molecule has 1 fully saturated rings. The molecule has 1 saturated carbocycles. The van der Waals surface area contributed by atoms with Crippen molar-refractivity contribution in [3.05, 3.63) is 35.9 Å². The van der Waals surface area contributed by atoms with E-state index in [1.807, 2.05) is 0 Å². The zero-order chi connectivity index (χ0) is 13.7. The van der Waals surface area contributed by atoms with Gasteiger partial charge in [0.15, 0.2) is 0 Å². The van der Waals surface area contributed by atoms with Gasteiger partial charge in [-0.25, -0.2) is 0 Å². The highest BCUT2D eigenvalue weighted by Crippen LogP contribution is 2.48. The van der Waals surface area contributed by atoms with Crippen molar-refractivity contribution in [1.82, 2.24) is 5.43 Å². The molecule has 1 aliphatic carbocycles. The van der Waals surface area contributed by atoms with Crippen molar-refractivity contribution in [2.75, 3.05) is 0 Å². The van der Waals surface area contributed by atoms with E-state index in [0.29, 0.717) is 6.04 Å². The first kappa shape index (κ1) is 14.5. The molecule has 1 aromatic carbocycles. The number of hydrazine groups is 1. The molecule has 2 heteroatoms. The van der Waals surface area contributed by atoms with Crippen LogP contribution in [0.2, 0.25) is 0 Å². The van der Waals surface area contributed by atoms with Crippen LogP contribution < -0.4 is 11.3 Å². The summed E-state index contributed by atoms with van der Waals surface area (Å²) in [4.78, 5) is 0. The largest absolute Gasteiger partial charge is 0.271 e. The molecule has 1 atom stereocenters.